The van der Waals surface area contributed by atoms with Crippen LogP contribution in [0.1, 0.15) is 31.1 Å². The molecule has 6 nitrogen and oxygen atoms in total. The van der Waals surface area contributed by atoms with Gasteiger partial charge in [-0.2, -0.15) is 0 Å². The maximum Gasteiger partial charge on any atom is 0.260 e. The van der Waals surface area contributed by atoms with E-state index in [2.05, 4.69) is 36.0 Å². The molecule has 0 radical (unpaired) electrons. The first-order valence-electron chi connectivity index (χ1n) is 7.32. The van der Waals surface area contributed by atoms with Crippen molar-refractivity contribution >= 4 is 5.91 Å². The molecule has 1 amide bonds. The maximum atomic E-state index is 12.0. The van der Waals surface area contributed by atoms with Crippen LogP contribution in [0.5, 0.6) is 0 Å². The Kier molecular flexibility index (Phi) is 5.14. The Morgan fingerprint density at radius 2 is 2.14 bits per heavy atom. The Morgan fingerprint density at radius 3 is 2.76 bits per heavy atom. The molecule has 3 atom stereocenters. The number of aromatic nitrogens is 1. The first-order chi connectivity index (χ1) is 9.97. The van der Waals surface area contributed by atoms with Gasteiger partial charge in [-0.3, -0.25) is 14.5 Å². The first kappa shape index (κ1) is 15.7. The summed E-state index contributed by atoms with van der Waals surface area (Å²) in [5.41, 5.74) is -0.218. The number of hydrogen-bond acceptors (Lipinski definition) is 4. The van der Waals surface area contributed by atoms with Crippen molar-refractivity contribution in [1.82, 2.24) is 15.2 Å². The predicted molar refractivity (Wildman–Crippen MR) is 80.4 cm³/mol. The largest absolute Gasteiger partial charge is 0.373 e. The molecule has 0 aliphatic carbocycles. The van der Waals surface area contributed by atoms with Crippen LogP contribution in [0, 0.1) is 0 Å². The van der Waals surface area contributed by atoms with E-state index in [-0.39, 0.29) is 35.3 Å². The molecule has 1 saturated heterocycles. The zero-order valence-electron chi connectivity index (χ0n) is 12.8. The third-order valence-corrected chi connectivity index (χ3v) is 3.69. The van der Waals surface area contributed by atoms with E-state index in [4.69, 9.17) is 4.74 Å². The number of nitrogens with zero attached hydrogens (tertiary/aromatic N) is 1. The molecule has 1 aromatic heterocycles. The highest BCUT2D eigenvalue weighted by atomic mass is 16.5. The van der Waals surface area contributed by atoms with E-state index in [0.717, 1.165) is 13.1 Å². The van der Waals surface area contributed by atoms with Gasteiger partial charge in [0, 0.05) is 31.9 Å². The van der Waals surface area contributed by atoms with Crippen LogP contribution in [-0.2, 0) is 4.74 Å². The van der Waals surface area contributed by atoms with Gasteiger partial charge in [0.15, 0.2) is 0 Å². The van der Waals surface area contributed by atoms with Crippen LogP contribution in [0.3, 0.4) is 0 Å². The summed E-state index contributed by atoms with van der Waals surface area (Å²) in [6.45, 7) is 8.39. The second-order valence-electron chi connectivity index (χ2n) is 5.68. The molecule has 2 N–H and O–H groups in total. The Morgan fingerprint density at radius 1 is 1.48 bits per heavy atom. The highest BCUT2D eigenvalue weighted by Crippen LogP contribution is 2.13. The van der Waals surface area contributed by atoms with Gasteiger partial charge >= 0.3 is 0 Å². The van der Waals surface area contributed by atoms with Crippen molar-refractivity contribution in [2.45, 2.75) is 39.0 Å². The number of H-pyrrole nitrogens is 1. The summed E-state index contributed by atoms with van der Waals surface area (Å²) in [7, 11) is 0. The van der Waals surface area contributed by atoms with Gasteiger partial charge in [-0.1, -0.05) is 0 Å². The first-order valence-corrected chi connectivity index (χ1v) is 7.32. The summed E-state index contributed by atoms with van der Waals surface area (Å²) in [4.78, 5) is 28.4. The summed E-state index contributed by atoms with van der Waals surface area (Å²) in [6.07, 6.45) is 1.91. The topological polar surface area (TPSA) is 74.4 Å². The van der Waals surface area contributed by atoms with Crippen molar-refractivity contribution < 1.29 is 9.53 Å². The van der Waals surface area contributed by atoms with Gasteiger partial charge in [-0.05, 0) is 32.9 Å². The highest BCUT2D eigenvalue weighted by molar-refractivity contribution is 5.93. The van der Waals surface area contributed by atoms with Gasteiger partial charge in [0.25, 0.3) is 11.5 Å². The molecule has 6 heteroatoms. The molecule has 0 spiro atoms. The van der Waals surface area contributed by atoms with E-state index in [1.807, 2.05) is 0 Å². The van der Waals surface area contributed by atoms with Crippen LogP contribution in [0.25, 0.3) is 0 Å². The highest BCUT2D eigenvalue weighted by Gasteiger charge is 2.25. The fourth-order valence-electron chi connectivity index (χ4n) is 2.64. The second-order valence-corrected chi connectivity index (χ2v) is 5.68. The molecule has 2 rings (SSSR count). The number of rotatable bonds is 4. The van der Waals surface area contributed by atoms with Crippen LogP contribution in [-0.4, -0.2) is 53.7 Å². The van der Waals surface area contributed by atoms with Gasteiger partial charge in [0.05, 0.1) is 12.2 Å². The molecule has 1 aromatic rings. The van der Waals surface area contributed by atoms with Crippen LogP contribution in [0.4, 0.5) is 0 Å². The van der Waals surface area contributed by atoms with Crippen molar-refractivity contribution in [3.63, 3.8) is 0 Å². The van der Waals surface area contributed by atoms with Crippen molar-refractivity contribution in [2.24, 2.45) is 0 Å². The van der Waals surface area contributed by atoms with Crippen LogP contribution < -0.4 is 10.9 Å². The molecule has 1 aliphatic heterocycles. The van der Waals surface area contributed by atoms with Gasteiger partial charge < -0.3 is 15.0 Å². The second kappa shape index (κ2) is 6.87. The van der Waals surface area contributed by atoms with Crippen LogP contribution in [0.2, 0.25) is 0 Å². The molecule has 0 saturated carbocycles. The average Bonchev–Trinajstić information content (AvgIpc) is 2.43. The lowest BCUT2D eigenvalue weighted by molar-refractivity contribution is -0.0778. The number of morpholine rings is 1. The third-order valence-electron chi connectivity index (χ3n) is 3.69. The minimum absolute atomic E-state index is 0.147. The lowest BCUT2D eigenvalue weighted by Gasteiger charge is -2.38. The number of amides is 1. The van der Waals surface area contributed by atoms with Gasteiger partial charge in [-0.25, -0.2) is 0 Å². The van der Waals surface area contributed by atoms with E-state index < -0.39 is 0 Å². The molecule has 2 heterocycles. The number of pyridine rings is 1. The SMILES string of the molecule is C[C@@H]1CN([C@H](C)CNC(=O)c2ccc[nH]c2=O)C[C@@H](C)O1. The Balaban J connectivity index is 1.89. The van der Waals surface area contributed by atoms with Gasteiger partial charge in [0.1, 0.15) is 5.56 Å². The standard InChI is InChI=1S/C15H23N3O3/c1-10(18-8-11(2)21-12(3)9-18)7-17-15(20)13-5-4-6-16-14(13)19/h4-6,10-12H,7-9H2,1-3H3,(H,16,19)(H,17,20)/t10-,11-,12-/m1/s1. The molecule has 21 heavy (non-hydrogen) atoms. The van der Waals surface area contributed by atoms with E-state index in [0.29, 0.717) is 6.54 Å². The maximum absolute atomic E-state index is 12.0. The Hall–Kier alpha value is -1.66. The molecular formula is C15H23N3O3. The molecule has 0 unspecified atom stereocenters. The third kappa shape index (κ3) is 4.15. The molecular weight excluding hydrogens is 270 g/mol. The fourth-order valence-corrected chi connectivity index (χ4v) is 2.64. The zero-order valence-corrected chi connectivity index (χ0v) is 12.8. The van der Waals surface area contributed by atoms with Crippen molar-refractivity contribution in [2.75, 3.05) is 19.6 Å². The lowest BCUT2D eigenvalue weighted by atomic mass is 10.1. The molecule has 0 aromatic carbocycles. The number of carbonyl (C=O) groups excluding carboxylic acids is 1. The Labute approximate surface area is 124 Å². The van der Waals surface area contributed by atoms with Crippen molar-refractivity contribution in [3.05, 3.63) is 34.2 Å². The average molecular weight is 293 g/mol. The summed E-state index contributed by atoms with van der Waals surface area (Å²) in [5.74, 6) is -0.335. The Bertz CT molecular complexity index is 533. The summed E-state index contributed by atoms with van der Waals surface area (Å²) in [6, 6.07) is 3.37. The minimum Gasteiger partial charge on any atom is -0.373 e. The molecule has 1 aliphatic rings. The zero-order chi connectivity index (χ0) is 15.4. The number of nitrogens with one attached hydrogen (secondary N) is 2. The number of ether oxygens (including phenoxy) is 1. The quantitative estimate of drug-likeness (QED) is 0.852. The lowest BCUT2D eigenvalue weighted by Crippen LogP contribution is -2.52. The number of carbonyl (C=O) groups is 1. The van der Waals surface area contributed by atoms with Crippen LogP contribution >= 0.6 is 0 Å². The summed E-state index contributed by atoms with van der Waals surface area (Å²) < 4.78 is 5.70. The predicted octanol–water partition coefficient (Wildman–Crippen LogP) is 0.602. The monoisotopic (exact) mass is 293 g/mol. The van der Waals surface area contributed by atoms with Crippen molar-refractivity contribution in [3.8, 4) is 0 Å². The molecule has 116 valence electrons. The minimum atomic E-state index is -0.365. The van der Waals surface area contributed by atoms with Gasteiger partial charge in [-0.15, -0.1) is 0 Å². The number of hydrogen-bond donors (Lipinski definition) is 2. The molecule has 0 bridgehead atoms. The fraction of sp³-hybridized carbons (Fsp3) is 0.600. The smallest absolute Gasteiger partial charge is 0.260 e. The van der Waals surface area contributed by atoms with E-state index in [1.54, 1.807) is 6.07 Å². The van der Waals surface area contributed by atoms with Crippen LogP contribution in [0.15, 0.2) is 23.1 Å². The normalized spacial score (nSPS) is 24.5. The summed E-state index contributed by atoms with van der Waals surface area (Å²) >= 11 is 0. The van der Waals surface area contributed by atoms with E-state index in [1.165, 1.54) is 12.3 Å². The molecule has 1 fully saturated rings. The van der Waals surface area contributed by atoms with E-state index >= 15 is 0 Å². The van der Waals surface area contributed by atoms with Gasteiger partial charge in [0.2, 0.25) is 0 Å². The van der Waals surface area contributed by atoms with E-state index in [9.17, 15) is 9.59 Å². The number of aromatic amines is 1. The summed E-state index contributed by atoms with van der Waals surface area (Å²) in [5, 5.41) is 2.83. The van der Waals surface area contributed by atoms with Crippen molar-refractivity contribution in [1.29, 1.82) is 0 Å².